The number of hydrogen-bond acceptors (Lipinski definition) is 4. The predicted octanol–water partition coefficient (Wildman–Crippen LogP) is 4.13. The standard InChI is InChI=1S/C21H26FNO4/c1-3-4-11-23(16-7-5-6-8-19(16)26-2)21(25)20-13-17(24)15-12-14(22)9-10-18(15)27-20/h9-10,12-13,16,19H,3-8,11H2,1-2H3/t16-,19-/m1/s1. The first-order valence-electron chi connectivity index (χ1n) is 9.62. The molecule has 0 radical (unpaired) electrons. The van der Waals surface area contributed by atoms with Crippen LogP contribution < -0.4 is 5.43 Å². The highest BCUT2D eigenvalue weighted by molar-refractivity contribution is 5.93. The SMILES string of the molecule is CCCCN(C(=O)c1cc(=O)c2cc(F)ccc2o1)[C@@H]1CCCC[C@H]1OC. The van der Waals surface area contributed by atoms with E-state index in [0.717, 1.165) is 44.6 Å². The molecule has 1 fully saturated rings. The summed E-state index contributed by atoms with van der Waals surface area (Å²) in [6.45, 7) is 2.66. The molecule has 0 aliphatic heterocycles. The maximum atomic E-state index is 13.4. The molecule has 2 aromatic rings. The Kier molecular flexibility index (Phi) is 6.26. The summed E-state index contributed by atoms with van der Waals surface area (Å²) in [5, 5.41) is 0.138. The van der Waals surface area contributed by atoms with Gasteiger partial charge in [-0.3, -0.25) is 9.59 Å². The molecule has 2 atom stereocenters. The van der Waals surface area contributed by atoms with Gasteiger partial charge in [0.15, 0.2) is 11.2 Å². The maximum Gasteiger partial charge on any atom is 0.290 e. The van der Waals surface area contributed by atoms with Crippen LogP contribution in [0, 0.1) is 5.82 Å². The zero-order chi connectivity index (χ0) is 19.4. The third kappa shape index (κ3) is 4.21. The Morgan fingerprint density at radius 3 is 2.81 bits per heavy atom. The number of benzene rings is 1. The fraction of sp³-hybridized carbons (Fsp3) is 0.524. The van der Waals surface area contributed by atoms with E-state index in [-0.39, 0.29) is 34.8 Å². The van der Waals surface area contributed by atoms with E-state index in [1.807, 2.05) is 0 Å². The zero-order valence-corrected chi connectivity index (χ0v) is 15.9. The Morgan fingerprint density at radius 2 is 2.07 bits per heavy atom. The van der Waals surface area contributed by atoms with Crippen LogP contribution >= 0.6 is 0 Å². The number of unbranched alkanes of at least 4 members (excludes halogenated alkanes) is 1. The Hall–Kier alpha value is -2.21. The molecule has 0 saturated heterocycles. The number of carbonyl (C=O) groups is 1. The summed E-state index contributed by atoms with van der Waals surface area (Å²) < 4.78 is 24.7. The first kappa shape index (κ1) is 19.5. The molecule has 27 heavy (non-hydrogen) atoms. The zero-order valence-electron chi connectivity index (χ0n) is 15.9. The number of rotatable bonds is 6. The minimum absolute atomic E-state index is 0.00404. The van der Waals surface area contributed by atoms with Gasteiger partial charge in [0.25, 0.3) is 5.91 Å². The van der Waals surface area contributed by atoms with E-state index in [0.29, 0.717) is 6.54 Å². The Morgan fingerprint density at radius 1 is 1.30 bits per heavy atom. The summed E-state index contributed by atoms with van der Waals surface area (Å²) in [6, 6.07) is 4.88. The predicted molar refractivity (Wildman–Crippen MR) is 101 cm³/mol. The molecule has 0 N–H and O–H groups in total. The van der Waals surface area contributed by atoms with E-state index in [1.165, 1.54) is 18.2 Å². The van der Waals surface area contributed by atoms with Crippen molar-refractivity contribution in [1.82, 2.24) is 4.90 Å². The molecule has 146 valence electrons. The molecular formula is C21H26FNO4. The van der Waals surface area contributed by atoms with Crippen LogP contribution in [0.15, 0.2) is 33.5 Å². The van der Waals surface area contributed by atoms with Crippen molar-refractivity contribution >= 4 is 16.9 Å². The number of hydrogen-bond donors (Lipinski definition) is 0. The molecule has 1 heterocycles. The Balaban J connectivity index is 1.97. The van der Waals surface area contributed by atoms with Gasteiger partial charge in [0.05, 0.1) is 17.5 Å². The molecule has 1 amide bonds. The second-order valence-corrected chi connectivity index (χ2v) is 7.09. The number of halogens is 1. The van der Waals surface area contributed by atoms with E-state index in [2.05, 4.69) is 6.92 Å². The van der Waals surface area contributed by atoms with E-state index in [4.69, 9.17) is 9.15 Å². The van der Waals surface area contributed by atoms with Crippen molar-refractivity contribution in [3.63, 3.8) is 0 Å². The second kappa shape index (κ2) is 8.65. The molecule has 6 heteroatoms. The third-order valence-corrected chi connectivity index (χ3v) is 5.28. The van der Waals surface area contributed by atoms with Crippen LogP contribution in [-0.4, -0.2) is 36.6 Å². The Labute approximate surface area is 158 Å². The van der Waals surface area contributed by atoms with Crippen molar-refractivity contribution in [3.05, 3.63) is 46.1 Å². The van der Waals surface area contributed by atoms with Crippen LogP contribution in [0.4, 0.5) is 4.39 Å². The number of methoxy groups -OCH3 is 1. The molecule has 1 aliphatic rings. The van der Waals surface area contributed by atoms with E-state index >= 15 is 0 Å². The summed E-state index contributed by atoms with van der Waals surface area (Å²) in [5.41, 5.74) is -0.198. The first-order chi connectivity index (χ1) is 13.0. The van der Waals surface area contributed by atoms with Gasteiger partial charge >= 0.3 is 0 Å². The van der Waals surface area contributed by atoms with Gasteiger partial charge in [-0.2, -0.15) is 0 Å². The lowest BCUT2D eigenvalue weighted by Gasteiger charge is -2.39. The van der Waals surface area contributed by atoms with Crippen molar-refractivity contribution in [2.24, 2.45) is 0 Å². The van der Waals surface area contributed by atoms with Gasteiger partial charge in [-0.1, -0.05) is 26.2 Å². The number of amides is 1. The van der Waals surface area contributed by atoms with Gasteiger partial charge in [0.1, 0.15) is 11.4 Å². The van der Waals surface area contributed by atoms with Crippen molar-refractivity contribution < 1.29 is 18.3 Å². The van der Waals surface area contributed by atoms with Crippen molar-refractivity contribution in [2.45, 2.75) is 57.6 Å². The molecule has 1 saturated carbocycles. The number of ether oxygens (including phenoxy) is 1. The van der Waals surface area contributed by atoms with Crippen LogP contribution in [0.5, 0.6) is 0 Å². The third-order valence-electron chi connectivity index (χ3n) is 5.28. The normalized spacial score (nSPS) is 20.0. The fourth-order valence-corrected chi connectivity index (χ4v) is 3.83. The van der Waals surface area contributed by atoms with E-state index < -0.39 is 11.2 Å². The lowest BCUT2D eigenvalue weighted by Crippen LogP contribution is -2.49. The quantitative estimate of drug-likeness (QED) is 0.762. The number of fused-ring (bicyclic) bond motifs is 1. The molecule has 0 bridgehead atoms. The minimum Gasteiger partial charge on any atom is -0.451 e. The highest BCUT2D eigenvalue weighted by Gasteiger charge is 2.34. The topological polar surface area (TPSA) is 59.8 Å². The summed E-state index contributed by atoms with van der Waals surface area (Å²) in [5.74, 6) is -0.819. The summed E-state index contributed by atoms with van der Waals surface area (Å²) in [4.78, 5) is 27.4. The van der Waals surface area contributed by atoms with E-state index in [9.17, 15) is 14.0 Å². The van der Waals surface area contributed by atoms with Gasteiger partial charge in [0, 0.05) is 19.7 Å². The van der Waals surface area contributed by atoms with Gasteiger partial charge in [-0.05, 0) is 37.5 Å². The summed E-state index contributed by atoms with van der Waals surface area (Å²) >= 11 is 0. The fourth-order valence-electron chi connectivity index (χ4n) is 3.83. The van der Waals surface area contributed by atoms with Gasteiger partial charge < -0.3 is 14.1 Å². The van der Waals surface area contributed by atoms with Crippen molar-refractivity contribution in [3.8, 4) is 0 Å². The van der Waals surface area contributed by atoms with E-state index in [1.54, 1.807) is 12.0 Å². The monoisotopic (exact) mass is 375 g/mol. The molecule has 1 aromatic carbocycles. The van der Waals surface area contributed by atoms with Gasteiger partial charge in [-0.15, -0.1) is 0 Å². The lowest BCUT2D eigenvalue weighted by molar-refractivity contribution is -0.00787. The first-order valence-corrected chi connectivity index (χ1v) is 9.62. The summed E-state index contributed by atoms with van der Waals surface area (Å²) in [6.07, 6.45) is 5.72. The largest absolute Gasteiger partial charge is 0.451 e. The average Bonchev–Trinajstić information content (AvgIpc) is 2.68. The Bertz CT molecular complexity index is 863. The van der Waals surface area contributed by atoms with Gasteiger partial charge in [0.2, 0.25) is 0 Å². The average molecular weight is 375 g/mol. The smallest absolute Gasteiger partial charge is 0.290 e. The van der Waals surface area contributed by atoms with Crippen LogP contribution in [0.1, 0.15) is 56.0 Å². The molecule has 1 aliphatic carbocycles. The van der Waals surface area contributed by atoms with Crippen LogP contribution in [0.25, 0.3) is 11.0 Å². The molecule has 5 nitrogen and oxygen atoms in total. The minimum atomic E-state index is -0.511. The van der Waals surface area contributed by atoms with Crippen LogP contribution in [0.2, 0.25) is 0 Å². The van der Waals surface area contributed by atoms with Gasteiger partial charge in [-0.25, -0.2) is 4.39 Å². The maximum absolute atomic E-state index is 13.4. The number of nitrogens with zero attached hydrogens (tertiary/aromatic N) is 1. The summed E-state index contributed by atoms with van der Waals surface area (Å²) in [7, 11) is 1.68. The molecule has 0 spiro atoms. The lowest BCUT2D eigenvalue weighted by atomic mass is 9.90. The van der Waals surface area contributed by atoms with Crippen molar-refractivity contribution in [1.29, 1.82) is 0 Å². The highest BCUT2D eigenvalue weighted by Crippen LogP contribution is 2.27. The number of carbonyl (C=O) groups excluding carboxylic acids is 1. The molecular weight excluding hydrogens is 349 g/mol. The second-order valence-electron chi connectivity index (χ2n) is 7.09. The molecule has 0 unspecified atom stereocenters. The van der Waals surface area contributed by atoms with Crippen molar-refractivity contribution in [2.75, 3.05) is 13.7 Å². The molecule has 3 rings (SSSR count). The van der Waals surface area contributed by atoms with Crippen LogP contribution in [0.3, 0.4) is 0 Å². The highest BCUT2D eigenvalue weighted by atomic mass is 19.1. The van der Waals surface area contributed by atoms with Crippen LogP contribution in [-0.2, 0) is 4.74 Å². The molecule has 1 aromatic heterocycles.